The predicted molar refractivity (Wildman–Crippen MR) is 77.8 cm³/mol. The molecule has 0 spiro atoms. The molecule has 0 aliphatic carbocycles. The van der Waals surface area contributed by atoms with Crippen molar-refractivity contribution < 1.29 is 9.26 Å². The zero-order chi connectivity index (χ0) is 13.8. The molecule has 2 atom stereocenters. The van der Waals surface area contributed by atoms with Gasteiger partial charge in [-0.3, -0.25) is 4.90 Å². The van der Waals surface area contributed by atoms with Crippen LogP contribution in [0.2, 0.25) is 0 Å². The smallest absolute Gasteiger partial charge is 0.244 e. The first kappa shape index (κ1) is 14.3. The molecular formula is C13H22N4O2S. The van der Waals surface area contributed by atoms with E-state index in [1.165, 1.54) is 0 Å². The van der Waals surface area contributed by atoms with Crippen molar-refractivity contribution in [3.05, 3.63) is 11.7 Å². The standard InChI is InChI=1S/C13H22N4O2S/c1-2-4-17-5-6-18-11(8-17)12-15-13(19-16-12)10-9-20-7-3-14-10/h10-11,14H,2-9H2,1H3. The van der Waals surface area contributed by atoms with Crippen molar-refractivity contribution in [2.45, 2.75) is 25.5 Å². The maximum atomic E-state index is 5.79. The van der Waals surface area contributed by atoms with Gasteiger partial charge in [0.15, 0.2) is 0 Å². The van der Waals surface area contributed by atoms with Crippen molar-refractivity contribution in [3.63, 3.8) is 0 Å². The summed E-state index contributed by atoms with van der Waals surface area (Å²) in [6.07, 6.45) is 1.11. The normalized spacial score (nSPS) is 28.6. The van der Waals surface area contributed by atoms with Gasteiger partial charge in [0.25, 0.3) is 0 Å². The van der Waals surface area contributed by atoms with E-state index in [-0.39, 0.29) is 12.1 Å². The predicted octanol–water partition coefficient (Wildman–Crippen LogP) is 1.23. The summed E-state index contributed by atoms with van der Waals surface area (Å²) >= 11 is 1.92. The second-order valence-corrected chi connectivity index (χ2v) is 6.38. The van der Waals surface area contributed by atoms with E-state index in [4.69, 9.17) is 9.26 Å². The Morgan fingerprint density at radius 3 is 3.25 bits per heavy atom. The molecule has 20 heavy (non-hydrogen) atoms. The fraction of sp³-hybridized carbons (Fsp3) is 0.846. The molecule has 2 aliphatic rings. The quantitative estimate of drug-likeness (QED) is 0.897. The third kappa shape index (κ3) is 3.33. The van der Waals surface area contributed by atoms with Crippen LogP contribution in [0, 0.1) is 0 Å². The van der Waals surface area contributed by atoms with Gasteiger partial charge in [0.1, 0.15) is 6.10 Å². The van der Waals surface area contributed by atoms with Gasteiger partial charge in [0, 0.05) is 31.1 Å². The molecule has 0 amide bonds. The van der Waals surface area contributed by atoms with E-state index in [1.807, 2.05) is 11.8 Å². The Morgan fingerprint density at radius 1 is 1.50 bits per heavy atom. The van der Waals surface area contributed by atoms with E-state index in [0.29, 0.717) is 11.7 Å². The molecule has 2 saturated heterocycles. The number of aromatic nitrogens is 2. The van der Waals surface area contributed by atoms with Crippen molar-refractivity contribution in [1.29, 1.82) is 0 Å². The molecule has 6 nitrogen and oxygen atoms in total. The van der Waals surface area contributed by atoms with E-state index in [9.17, 15) is 0 Å². The number of nitrogens with one attached hydrogen (secondary N) is 1. The van der Waals surface area contributed by atoms with Gasteiger partial charge in [-0.15, -0.1) is 0 Å². The lowest BCUT2D eigenvalue weighted by molar-refractivity contribution is -0.0350. The molecule has 0 aromatic carbocycles. The highest BCUT2D eigenvalue weighted by Crippen LogP contribution is 2.24. The summed E-state index contributed by atoms with van der Waals surface area (Å²) in [4.78, 5) is 6.95. The van der Waals surface area contributed by atoms with Crippen LogP contribution in [-0.2, 0) is 4.74 Å². The lowest BCUT2D eigenvalue weighted by Gasteiger charge is -2.30. The second-order valence-electron chi connectivity index (χ2n) is 5.23. The highest BCUT2D eigenvalue weighted by Gasteiger charge is 2.28. The molecule has 3 heterocycles. The topological polar surface area (TPSA) is 63.4 Å². The number of hydrogen-bond acceptors (Lipinski definition) is 7. The molecule has 0 bridgehead atoms. The Balaban J connectivity index is 1.63. The van der Waals surface area contributed by atoms with E-state index in [0.717, 1.165) is 50.7 Å². The molecule has 0 radical (unpaired) electrons. The Kier molecular flexibility index (Phi) is 4.93. The second kappa shape index (κ2) is 6.89. The third-order valence-corrected chi connectivity index (χ3v) is 4.72. The summed E-state index contributed by atoms with van der Waals surface area (Å²) < 4.78 is 11.2. The number of ether oxygens (including phenoxy) is 1. The van der Waals surface area contributed by atoms with Gasteiger partial charge in [0.2, 0.25) is 11.7 Å². The van der Waals surface area contributed by atoms with Crippen LogP contribution in [0.4, 0.5) is 0 Å². The summed E-state index contributed by atoms with van der Waals surface area (Å²) in [7, 11) is 0. The molecule has 2 aliphatic heterocycles. The van der Waals surface area contributed by atoms with Gasteiger partial charge in [-0.2, -0.15) is 16.7 Å². The van der Waals surface area contributed by atoms with Crippen LogP contribution in [0.1, 0.15) is 37.2 Å². The lowest BCUT2D eigenvalue weighted by Crippen LogP contribution is -2.39. The number of thioether (sulfide) groups is 1. The maximum Gasteiger partial charge on any atom is 0.244 e. The molecule has 0 saturated carbocycles. The zero-order valence-electron chi connectivity index (χ0n) is 11.9. The average molecular weight is 298 g/mol. The van der Waals surface area contributed by atoms with Gasteiger partial charge in [-0.25, -0.2) is 0 Å². The minimum Gasteiger partial charge on any atom is -0.367 e. The summed E-state index contributed by atoms with van der Waals surface area (Å²) in [6.45, 7) is 6.90. The highest BCUT2D eigenvalue weighted by molar-refractivity contribution is 7.99. The average Bonchev–Trinajstić information content (AvgIpc) is 2.99. The molecule has 2 fully saturated rings. The van der Waals surface area contributed by atoms with Crippen LogP contribution in [0.25, 0.3) is 0 Å². The number of hydrogen-bond donors (Lipinski definition) is 1. The summed E-state index contributed by atoms with van der Waals surface area (Å²) in [5, 5.41) is 7.53. The molecule has 1 aromatic heterocycles. The van der Waals surface area contributed by atoms with Crippen molar-refractivity contribution in [3.8, 4) is 0 Å². The maximum absolute atomic E-state index is 5.79. The SMILES string of the molecule is CCCN1CCOC(c2noc(C3CSCCN3)n2)C1. The summed E-state index contributed by atoms with van der Waals surface area (Å²) in [6, 6.07) is 0.185. The largest absolute Gasteiger partial charge is 0.367 e. The number of morpholine rings is 1. The number of nitrogens with zero attached hydrogens (tertiary/aromatic N) is 3. The Morgan fingerprint density at radius 2 is 2.45 bits per heavy atom. The minimum atomic E-state index is -0.0518. The first-order chi connectivity index (χ1) is 9.86. The van der Waals surface area contributed by atoms with E-state index in [1.54, 1.807) is 0 Å². The van der Waals surface area contributed by atoms with Crippen LogP contribution < -0.4 is 5.32 Å². The Bertz CT molecular complexity index is 420. The Labute approximate surface area is 123 Å². The van der Waals surface area contributed by atoms with Crippen molar-refractivity contribution >= 4 is 11.8 Å². The minimum absolute atomic E-state index is 0.0518. The van der Waals surface area contributed by atoms with Gasteiger partial charge in [-0.1, -0.05) is 12.1 Å². The molecule has 7 heteroatoms. The summed E-state index contributed by atoms with van der Waals surface area (Å²) in [5.74, 6) is 3.53. The molecule has 1 aromatic rings. The van der Waals surface area contributed by atoms with Gasteiger partial charge in [-0.05, 0) is 13.0 Å². The molecular weight excluding hydrogens is 276 g/mol. The van der Waals surface area contributed by atoms with Crippen molar-refractivity contribution in [2.24, 2.45) is 0 Å². The molecule has 3 rings (SSSR count). The monoisotopic (exact) mass is 298 g/mol. The lowest BCUT2D eigenvalue weighted by atomic mass is 10.2. The Hall–Kier alpha value is -0.630. The highest BCUT2D eigenvalue weighted by atomic mass is 32.2. The zero-order valence-corrected chi connectivity index (χ0v) is 12.7. The van der Waals surface area contributed by atoms with Gasteiger partial charge in [0.05, 0.1) is 12.6 Å². The van der Waals surface area contributed by atoms with E-state index < -0.39 is 0 Å². The van der Waals surface area contributed by atoms with Crippen LogP contribution >= 0.6 is 11.8 Å². The van der Waals surface area contributed by atoms with E-state index in [2.05, 4.69) is 27.3 Å². The fourth-order valence-corrected chi connectivity index (χ4v) is 3.55. The van der Waals surface area contributed by atoms with Gasteiger partial charge >= 0.3 is 0 Å². The van der Waals surface area contributed by atoms with Crippen molar-refractivity contribution in [2.75, 3.05) is 44.3 Å². The van der Waals surface area contributed by atoms with Crippen LogP contribution in [0.5, 0.6) is 0 Å². The van der Waals surface area contributed by atoms with E-state index >= 15 is 0 Å². The summed E-state index contributed by atoms with van der Waals surface area (Å²) in [5.41, 5.74) is 0. The number of rotatable bonds is 4. The fourth-order valence-electron chi connectivity index (χ4n) is 2.62. The van der Waals surface area contributed by atoms with Crippen molar-refractivity contribution in [1.82, 2.24) is 20.4 Å². The molecule has 112 valence electrons. The van der Waals surface area contributed by atoms with Crippen LogP contribution in [-0.4, -0.2) is 59.3 Å². The van der Waals surface area contributed by atoms with Crippen LogP contribution in [0.3, 0.4) is 0 Å². The van der Waals surface area contributed by atoms with Gasteiger partial charge < -0.3 is 14.6 Å². The molecule has 2 unspecified atom stereocenters. The third-order valence-electron chi connectivity index (χ3n) is 3.66. The first-order valence-corrected chi connectivity index (χ1v) is 8.51. The first-order valence-electron chi connectivity index (χ1n) is 7.35. The molecule has 1 N–H and O–H groups in total. The van der Waals surface area contributed by atoms with Crippen LogP contribution in [0.15, 0.2) is 4.52 Å².